The quantitative estimate of drug-likeness (QED) is 0.748. The standard InChI is InChI=1S/C16H12N2O2/c19-15-13(11-7-3-1-4-8-11)17-16(20)14(18-15)12-9-5-2-6-10-12/h1-10H,(H,17,20)(H,18,19). The predicted octanol–water partition coefficient (Wildman–Crippen LogP) is 2.81. The molecule has 3 rings (SSSR count). The highest BCUT2D eigenvalue weighted by atomic mass is 16.3. The van der Waals surface area contributed by atoms with Crippen LogP contribution in [0.15, 0.2) is 65.5 Å². The summed E-state index contributed by atoms with van der Waals surface area (Å²) < 4.78 is 0. The molecule has 0 fully saturated rings. The Morgan fingerprint density at radius 1 is 0.850 bits per heavy atom. The molecule has 1 aromatic heterocycles. The second-order valence-corrected chi connectivity index (χ2v) is 4.35. The maximum Gasteiger partial charge on any atom is 0.275 e. The maximum absolute atomic E-state index is 12.1. The fraction of sp³-hybridized carbons (Fsp3) is 0. The van der Waals surface area contributed by atoms with E-state index in [2.05, 4.69) is 9.97 Å². The highest BCUT2D eigenvalue weighted by Gasteiger charge is 2.12. The van der Waals surface area contributed by atoms with Crippen molar-refractivity contribution in [2.24, 2.45) is 0 Å². The molecule has 0 atom stereocenters. The monoisotopic (exact) mass is 264 g/mol. The van der Waals surface area contributed by atoms with Gasteiger partial charge in [0.15, 0.2) is 0 Å². The lowest BCUT2D eigenvalue weighted by Gasteiger charge is -2.06. The van der Waals surface area contributed by atoms with Crippen LogP contribution in [-0.4, -0.2) is 15.1 Å². The average molecular weight is 264 g/mol. The third kappa shape index (κ3) is 2.19. The number of aromatic hydroxyl groups is 1. The topological polar surface area (TPSA) is 66.0 Å². The Kier molecular flexibility index (Phi) is 3.05. The molecule has 4 heteroatoms. The van der Waals surface area contributed by atoms with E-state index in [0.717, 1.165) is 0 Å². The summed E-state index contributed by atoms with van der Waals surface area (Å²) in [6, 6.07) is 18.2. The molecule has 0 aliphatic heterocycles. The molecule has 1 heterocycles. The number of nitrogens with one attached hydrogen (secondary N) is 1. The fourth-order valence-electron chi connectivity index (χ4n) is 2.04. The number of aromatic amines is 1. The van der Waals surface area contributed by atoms with E-state index in [1.807, 2.05) is 36.4 Å². The Morgan fingerprint density at radius 3 is 2.00 bits per heavy atom. The van der Waals surface area contributed by atoms with Crippen molar-refractivity contribution in [3.05, 3.63) is 71.0 Å². The molecule has 3 aromatic rings. The molecule has 0 aliphatic carbocycles. The third-order valence-corrected chi connectivity index (χ3v) is 3.00. The summed E-state index contributed by atoms with van der Waals surface area (Å²) in [4.78, 5) is 18.9. The molecule has 0 unspecified atom stereocenters. The van der Waals surface area contributed by atoms with Gasteiger partial charge in [0.05, 0.1) is 0 Å². The lowest BCUT2D eigenvalue weighted by Crippen LogP contribution is -2.12. The molecule has 4 nitrogen and oxygen atoms in total. The minimum absolute atomic E-state index is 0.186. The van der Waals surface area contributed by atoms with Gasteiger partial charge < -0.3 is 10.1 Å². The van der Waals surface area contributed by atoms with Crippen LogP contribution >= 0.6 is 0 Å². The molecular formula is C16H12N2O2. The van der Waals surface area contributed by atoms with Crippen molar-refractivity contribution < 1.29 is 5.11 Å². The summed E-state index contributed by atoms with van der Waals surface area (Å²) in [5.41, 5.74) is 1.60. The molecule has 0 saturated carbocycles. The van der Waals surface area contributed by atoms with Crippen molar-refractivity contribution in [1.82, 2.24) is 9.97 Å². The lowest BCUT2D eigenvalue weighted by molar-refractivity contribution is 0.453. The van der Waals surface area contributed by atoms with Gasteiger partial charge in [-0.15, -0.1) is 0 Å². The Balaban J connectivity index is 2.15. The van der Waals surface area contributed by atoms with Crippen LogP contribution in [0.1, 0.15) is 0 Å². The summed E-state index contributed by atoms with van der Waals surface area (Å²) >= 11 is 0. The normalized spacial score (nSPS) is 10.4. The predicted molar refractivity (Wildman–Crippen MR) is 77.4 cm³/mol. The van der Waals surface area contributed by atoms with Gasteiger partial charge in [-0.05, 0) is 0 Å². The number of hydrogen-bond acceptors (Lipinski definition) is 3. The van der Waals surface area contributed by atoms with Crippen molar-refractivity contribution in [2.45, 2.75) is 0 Å². The van der Waals surface area contributed by atoms with Crippen LogP contribution in [0, 0.1) is 0 Å². The Morgan fingerprint density at radius 2 is 1.40 bits per heavy atom. The molecule has 2 aromatic carbocycles. The van der Waals surface area contributed by atoms with Crippen LogP contribution in [0.3, 0.4) is 0 Å². The summed E-state index contributed by atoms with van der Waals surface area (Å²) in [6.07, 6.45) is 0. The number of hydrogen-bond donors (Lipinski definition) is 2. The summed E-state index contributed by atoms with van der Waals surface area (Å²) in [5.74, 6) is -0.186. The van der Waals surface area contributed by atoms with E-state index in [9.17, 15) is 9.90 Å². The minimum atomic E-state index is -0.326. The third-order valence-electron chi connectivity index (χ3n) is 3.00. The Bertz CT molecular complexity index is 781. The van der Waals surface area contributed by atoms with E-state index in [1.165, 1.54) is 0 Å². The maximum atomic E-state index is 12.1. The van der Waals surface area contributed by atoms with Gasteiger partial charge >= 0.3 is 0 Å². The summed E-state index contributed by atoms with van der Waals surface area (Å²) in [7, 11) is 0. The number of benzene rings is 2. The van der Waals surface area contributed by atoms with Crippen LogP contribution in [0.4, 0.5) is 0 Å². The second kappa shape index (κ2) is 5.01. The molecule has 2 N–H and O–H groups in total. The van der Waals surface area contributed by atoms with Gasteiger partial charge in [-0.1, -0.05) is 60.7 Å². The van der Waals surface area contributed by atoms with Crippen LogP contribution in [0.25, 0.3) is 22.5 Å². The Hall–Kier alpha value is -2.88. The second-order valence-electron chi connectivity index (χ2n) is 4.35. The molecule has 98 valence electrons. The first-order valence-corrected chi connectivity index (χ1v) is 6.20. The van der Waals surface area contributed by atoms with Gasteiger partial charge in [-0.3, -0.25) is 4.79 Å². The molecule has 0 aliphatic rings. The van der Waals surface area contributed by atoms with Gasteiger partial charge in [-0.2, -0.15) is 0 Å². The van der Waals surface area contributed by atoms with Crippen molar-refractivity contribution in [3.63, 3.8) is 0 Å². The first kappa shape index (κ1) is 12.2. The minimum Gasteiger partial charge on any atom is -0.492 e. The van der Waals surface area contributed by atoms with Crippen molar-refractivity contribution >= 4 is 0 Å². The van der Waals surface area contributed by atoms with Gasteiger partial charge in [0.2, 0.25) is 5.88 Å². The fourth-order valence-corrected chi connectivity index (χ4v) is 2.04. The zero-order valence-corrected chi connectivity index (χ0v) is 10.6. The smallest absolute Gasteiger partial charge is 0.275 e. The molecule has 0 saturated heterocycles. The SMILES string of the molecule is O=c1[nH]c(-c2ccccc2)c(O)nc1-c1ccccc1. The van der Waals surface area contributed by atoms with Crippen LogP contribution in [0.5, 0.6) is 5.88 Å². The zero-order chi connectivity index (χ0) is 13.9. The summed E-state index contributed by atoms with van der Waals surface area (Å²) in [6.45, 7) is 0. The van der Waals surface area contributed by atoms with E-state index in [4.69, 9.17) is 0 Å². The molecule has 20 heavy (non-hydrogen) atoms. The highest BCUT2D eigenvalue weighted by molar-refractivity contribution is 5.67. The van der Waals surface area contributed by atoms with Crippen molar-refractivity contribution in [1.29, 1.82) is 0 Å². The first-order chi connectivity index (χ1) is 9.75. The largest absolute Gasteiger partial charge is 0.492 e. The molecule has 0 spiro atoms. The summed E-state index contributed by atoms with van der Waals surface area (Å²) in [5, 5.41) is 10.0. The molecule has 0 radical (unpaired) electrons. The molecule has 0 amide bonds. The van der Waals surface area contributed by atoms with Gasteiger partial charge in [0, 0.05) is 11.1 Å². The molecular weight excluding hydrogens is 252 g/mol. The van der Waals surface area contributed by atoms with Gasteiger partial charge in [0.25, 0.3) is 5.56 Å². The lowest BCUT2D eigenvalue weighted by atomic mass is 10.1. The van der Waals surface area contributed by atoms with Gasteiger partial charge in [0.1, 0.15) is 11.4 Å². The van der Waals surface area contributed by atoms with Crippen LogP contribution in [-0.2, 0) is 0 Å². The van der Waals surface area contributed by atoms with E-state index < -0.39 is 0 Å². The number of H-pyrrole nitrogens is 1. The van der Waals surface area contributed by atoms with Gasteiger partial charge in [-0.25, -0.2) is 4.98 Å². The van der Waals surface area contributed by atoms with E-state index in [0.29, 0.717) is 16.8 Å². The number of rotatable bonds is 2. The number of nitrogens with zero attached hydrogens (tertiary/aromatic N) is 1. The van der Waals surface area contributed by atoms with Crippen molar-refractivity contribution in [3.8, 4) is 28.4 Å². The van der Waals surface area contributed by atoms with Crippen molar-refractivity contribution in [2.75, 3.05) is 0 Å². The Labute approximate surface area is 115 Å². The van der Waals surface area contributed by atoms with E-state index >= 15 is 0 Å². The van der Waals surface area contributed by atoms with Crippen LogP contribution in [0.2, 0.25) is 0 Å². The zero-order valence-electron chi connectivity index (χ0n) is 10.6. The van der Waals surface area contributed by atoms with E-state index in [1.54, 1.807) is 24.3 Å². The van der Waals surface area contributed by atoms with Crippen LogP contribution < -0.4 is 5.56 Å². The first-order valence-electron chi connectivity index (χ1n) is 6.20. The van der Waals surface area contributed by atoms with E-state index in [-0.39, 0.29) is 17.1 Å². The highest BCUT2D eigenvalue weighted by Crippen LogP contribution is 2.25. The molecule has 0 bridgehead atoms. The number of aromatic nitrogens is 2. The average Bonchev–Trinajstić information content (AvgIpc) is 2.51.